The average molecular weight is 416 g/mol. The third kappa shape index (κ3) is 4.31. The summed E-state index contributed by atoms with van der Waals surface area (Å²) in [7, 11) is 0. The zero-order chi connectivity index (χ0) is 19.3. The Morgan fingerprint density at radius 3 is 2.75 bits per heavy atom. The van der Waals surface area contributed by atoms with Gasteiger partial charge < -0.3 is 15.1 Å². The maximum absolute atomic E-state index is 12.4. The largest absolute Gasteiger partial charge is 0.351 e. The predicted octanol–water partition coefficient (Wildman–Crippen LogP) is 2.61. The summed E-state index contributed by atoms with van der Waals surface area (Å²) in [6.45, 7) is 3.47. The van der Waals surface area contributed by atoms with Gasteiger partial charge in [-0.15, -0.1) is 11.3 Å². The highest BCUT2D eigenvalue weighted by Crippen LogP contribution is 2.27. The van der Waals surface area contributed by atoms with Crippen LogP contribution in [-0.4, -0.2) is 59.4 Å². The number of thiazole rings is 1. The van der Waals surface area contributed by atoms with Crippen molar-refractivity contribution in [2.45, 2.75) is 12.8 Å². The summed E-state index contributed by atoms with van der Waals surface area (Å²) < 4.78 is 0. The van der Waals surface area contributed by atoms with Crippen molar-refractivity contribution in [3.8, 4) is 0 Å². The number of piperazine rings is 1. The Bertz CT molecular complexity index is 915. The lowest BCUT2D eigenvalue weighted by molar-refractivity contribution is -0.131. The quantitative estimate of drug-likeness (QED) is 0.626. The smallest absolute Gasteiger partial charge is 0.261 e. The van der Waals surface area contributed by atoms with Gasteiger partial charge in [0.05, 0.1) is 4.88 Å². The Labute approximate surface area is 171 Å². The van der Waals surface area contributed by atoms with Gasteiger partial charge in [0.25, 0.3) is 5.91 Å². The summed E-state index contributed by atoms with van der Waals surface area (Å²) >= 11 is 3.01. The SMILES string of the molecule is O=C(NCCCC(=O)N1CCN(c2nc3cccnc3s2)CC1)c1cccs1. The first-order valence-electron chi connectivity index (χ1n) is 9.27. The van der Waals surface area contributed by atoms with E-state index < -0.39 is 0 Å². The number of nitrogens with zero attached hydrogens (tertiary/aromatic N) is 4. The van der Waals surface area contributed by atoms with E-state index in [1.165, 1.54) is 11.3 Å². The summed E-state index contributed by atoms with van der Waals surface area (Å²) in [5, 5.41) is 5.71. The lowest BCUT2D eigenvalue weighted by Gasteiger charge is -2.34. The van der Waals surface area contributed by atoms with E-state index in [9.17, 15) is 9.59 Å². The number of carbonyl (C=O) groups excluding carboxylic acids is 2. The van der Waals surface area contributed by atoms with E-state index in [-0.39, 0.29) is 11.8 Å². The summed E-state index contributed by atoms with van der Waals surface area (Å²) in [6.07, 6.45) is 2.89. The molecule has 1 N–H and O–H groups in total. The normalized spacial score (nSPS) is 14.4. The van der Waals surface area contributed by atoms with Crippen LogP contribution in [0.4, 0.5) is 5.13 Å². The lowest BCUT2D eigenvalue weighted by Crippen LogP contribution is -2.48. The summed E-state index contributed by atoms with van der Waals surface area (Å²) in [5.41, 5.74) is 0.922. The zero-order valence-electron chi connectivity index (χ0n) is 15.3. The van der Waals surface area contributed by atoms with Crippen LogP contribution >= 0.6 is 22.7 Å². The first kappa shape index (κ1) is 18.8. The van der Waals surface area contributed by atoms with Gasteiger partial charge in [-0.2, -0.15) is 0 Å². The Balaban J connectivity index is 1.20. The summed E-state index contributed by atoms with van der Waals surface area (Å²) in [5.74, 6) is 0.0809. The minimum Gasteiger partial charge on any atom is -0.351 e. The minimum atomic E-state index is -0.0682. The number of amides is 2. The number of carbonyl (C=O) groups is 2. The zero-order valence-corrected chi connectivity index (χ0v) is 17.0. The molecular weight excluding hydrogens is 394 g/mol. The number of anilines is 1. The van der Waals surface area contributed by atoms with Crippen LogP contribution in [0.15, 0.2) is 35.8 Å². The topological polar surface area (TPSA) is 78.4 Å². The molecule has 0 spiro atoms. The second-order valence-corrected chi connectivity index (χ2v) is 8.43. The molecule has 4 rings (SSSR count). The number of fused-ring (bicyclic) bond motifs is 1. The van der Waals surface area contributed by atoms with Crippen molar-refractivity contribution in [3.63, 3.8) is 0 Å². The third-order valence-corrected chi connectivity index (χ3v) is 6.56. The van der Waals surface area contributed by atoms with Crippen LogP contribution in [0.3, 0.4) is 0 Å². The molecule has 0 radical (unpaired) electrons. The number of rotatable bonds is 6. The minimum absolute atomic E-state index is 0.0682. The van der Waals surface area contributed by atoms with Crippen LogP contribution in [-0.2, 0) is 4.79 Å². The van der Waals surface area contributed by atoms with E-state index in [4.69, 9.17) is 0 Å². The van der Waals surface area contributed by atoms with Gasteiger partial charge in [0.15, 0.2) is 5.13 Å². The first-order valence-corrected chi connectivity index (χ1v) is 11.0. The molecule has 146 valence electrons. The van der Waals surface area contributed by atoms with Gasteiger partial charge in [-0.05, 0) is 30.0 Å². The van der Waals surface area contributed by atoms with Crippen LogP contribution < -0.4 is 10.2 Å². The Kier molecular flexibility index (Phi) is 5.82. The van der Waals surface area contributed by atoms with Gasteiger partial charge in [-0.1, -0.05) is 17.4 Å². The number of thiophene rings is 1. The number of nitrogens with one attached hydrogen (secondary N) is 1. The molecule has 0 bridgehead atoms. The highest BCUT2D eigenvalue weighted by atomic mass is 32.1. The second-order valence-electron chi connectivity index (χ2n) is 6.53. The fourth-order valence-corrected chi connectivity index (χ4v) is 4.74. The fraction of sp³-hybridized carbons (Fsp3) is 0.368. The molecule has 0 atom stereocenters. The predicted molar refractivity (Wildman–Crippen MR) is 112 cm³/mol. The van der Waals surface area contributed by atoms with Crippen molar-refractivity contribution in [3.05, 3.63) is 40.7 Å². The van der Waals surface area contributed by atoms with Crippen LogP contribution in [0, 0.1) is 0 Å². The van der Waals surface area contributed by atoms with Crippen molar-refractivity contribution in [1.29, 1.82) is 0 Å². The Morgan fingerprint density at radius 2 is 2.00 bits per heavy atom. The van der Waals surface area contributed by atoms with Crippen molar-refractivity contribution in [2.24, 2.45) is 0 Å². The molecule has 0 aliphatic carbocycles. The van der Waals surface area contributed by atoms with Gasteiger partial charge in [-0.25, -0.2) is 9.97 Å². The molecule has 0 unspecified atom stereocenters. The summed E-state index contributed by atoms with van der Waals surface area (Å²) in [4.78, 5) is 39.1. The Hall–Kier alpha value is -2.52. The van der Waals surface area contributed by atoms with E-state index in [0.29, 0.717) is 37.4 Å². The molecule has 0 aromatic carbocycles. The molecule has 2 amide bonds. The molecule has 9 heteroatoms. The second kappa shape index (κ2) is 8.66. The average Bonchev–Trinajstić information content (AvgIpc) is 3.41. The van der Waals surface area contributed by atoms with Gasteiger partial charge in [0.2, 0.25) is 5.91 Å². The maximum atomic E-state index is 12.4. The molecule has 1 fully saturated rings. The van der Waals surface area contributed by atoms with Crippen LogP contribution in [0.25, 0.3) is 10.3 Å². The molecule has 28 heavy (non-hydrogen) atoms. The number of pyridine rings is 1. The first-order chi connectivity index (χ1) is 13.7. The van der Waals surface area contributed by atoms with Gasteiger partial charge in [-0.3, -0.25) is 9.59 Å². The molecular formula is C19H21N5O2S2. The van der Waals surface area contributed by atoms with E-state index in [1.807, 2.05) is 28.5 Å². The van der Waals surface area contributed by atoms with Gasteiger partial charge >= 0.3 is 0 Å². The molecule has 3 aromatic rings. The van der Waals surface area contributed by atoms with Crippen molar-refractivity contribution in [2.75, 3.05) is 37.6 Å². The van der Waals surface area contributed by atoms with Gasteiger partial charge in [0, 0.05) is 45.3 Å². The van der Waals surface area contributed by atoms with Crippen LogP contribution in [0.1, 0.15) is 22.5 Å². The monoisotopic (exact) mass is 415 g/mol. The van der Waals surface area contributed by atoms with Crippen molar-refractivity contribution < 1.29 is 9.59 Å². The highest BCUT2D eigenvalue weighted by molar-refractivity contribution is 7.21. The molecule has 3 aromatic heterocycles. The lowest BCUT2D eigenvalue weighted by atomic mass is 10.2. The van der Waals surface area contributed by atoms with Crippen molar-refractivity contribution >= 4 is 50.0 Å². The van der Waals surface area contributed by atoms with Gasteiger partial charge in [0.1, 0.15) is 10.3 Å². The van der Waals surface area contributed by atoms with Crippen molar-refractivity contribution in [1.82, 2.24) is 20.2 Å². The van der Waals surface area contributed by atoms with E-state index >= 15 is 0 Å². The van der Waals surface area contributed by atoms with E-state index in [1.54, 1.807) is 23.6 Å². The summed E-state index contributed by atoms with van der Waals surface area (Å²) in [6, 6.07) is 7.52. The molecule has 0 saturated carbocycles. The molecule has 1 aliphatic heterocycles. The molecule has 1 saturated heterocycles. The van der Waals surface area contributed by atoms with Crippen LogP contribution in [0.2, 0.25) is 0 Å². The Morgan fingerprint density at radius 1 is 1.14 bits per heavy atom. The standard InChI is InChI=1S/C19H21N5O2S2/c25-16(6-2-7-20-17(26)15-5-3-13-27-15)23-9-11-24(12-10-23)19-22-14-4-1-8-21-18(14)28-19/h1,3-5,8,13H,2,6-7,9-12H2,(H,20,26). The molecule has 7 nitrogen and oxygen atoms in total. The van der Waals surface area contributed by atoms with E-state index in [0.717, 1.165) is 28.6 Å². The number of aromatic nitrogens is 2. The third-order valence-electron chi connectivity index (χ3n) is 4.66. The highest BCUT2D eigenvalue weighted by Gasteiger charge is 2.23. The van der Waals surface area contributed by atoms with E-state index in [2.05, 4.69) is 20.2 Å². The van der Waals surface area contributed by atoms with Crippen LogP contribution in [0.5, 0.6) is 0 Å². The molecule has 1 aliphatic rings. The fourth-order valence-electron chi connectivity index (χ4n) is 3.14. The number of hydrogen-bond donors (Lipinski definition) is 1. The maximum Gasteiger partial charge on any atom is 0.261 e. The molecule has 4 heterocycles. The number of hydrogen-bond acceptors (Lipinski definition) is 7.